The van der Waals surface area contributed by atoms with Gasteiger partial charge < -0.3 is 20.5 Å². The first-order valence-electron chi connectivity index (χ1n) is 6.55. The Labute approximate surface area is 109 Å². The highest BCUT2D eigenvalue weighted by Gasteiger charge is 2.11. The molecule has 0 radical (unpaired) electrons. The zero-order chi connectivity index (χ0) is 13.4. The number of nitrogen functional groups attached to an aromatic ring is 1. The van der Waals surface area contributed by atoms with Crippen molar-refractivity contribution < 1.29 is 9.84 Å². The highest BCUT2D eigenvalue weighted by Crippen LogP contribution is 2.19. The van der Waals surface area contributed by atoms with Crippen molar-refractivity contribution in [3.63, 3.8) is 0 Å². The van der Waals surface area contributed by atoms with Crippen molar-refractivity contribution in [3.05, 3.63) is 24.3 Å². The first-order chi connectivity index (χ1) is 8.67. The van der Waals surface area contributed by atoms with Gasteiger partial charge >= 0.3 is 0 Å². The molecule has 0 saturated heterocycles. The predicted molar refractivity (Wildman–Crippen MR) is 74.8 cm³/mol. The van der Waals surface area contributed by atoms with Gasteiger partial charge in [0.05, 0.1) is 5.69 Å². The summed E-state index contributed by atoms with van der Waals surface area (Å²) >= 11 is 0. The molecule has 0 aliphatic rings. The van der Waals surface area contributed by atoms with Crippen LogP contribution >= 0.6 is 0 Å². The fourth-order valence-corrected chi connectivity index (χ4v) is 1.84. The molecule has 1 rings (SSSR count). The molecule has 102 valence electrons. The van der Waals surface area contributed by atoms with E-state index in [9.17, 15) is 5.11 Å². The van der Waals surface area contributed by atoms with Gasteiger partial charge in [0.1, 0.15) is 18.5 Å². The minimum atomic E-state index is -0.490. The number of hydrogen-bond acceptors (Lipinski definition) is 4. The SMILES string of the molecule is CCCN(CC)CC(O)COc1ccccc1N. The Morgan fingerprint density at radius 1 is 1.33 bits per heavy atom. The topological polar surface area (TPSA) is 58.7 Å². The second-order valence-electron chi connectivity index (χ2n) is 4.40. The molecule has 0 saturated carbocycles. The van der Waals surface area contributed by atoms with E-state index in [0.29, 0.717) is 18.0 Å². The van der Waals surface area contributed by atoms with Crippen molar-refractivity contribution in [2.45, 2.75) is 26.4 Å². The highest BCUT2D eigenvalue weighted by molar-refractivity contribution is 5.51. The largest absolute Gasteiger partial charge is 0.489 e. The van der Waals surface area contributed by atoms with Gasteiger partial charge in [0, 0.05) is 6.54 Å². The molecule has 4 heteroatoms. The number of aliphatic hydroxyl groups is 1. The Morgan fingerprint density at radius 3 is 2.67 bits per heavy atom. The van der Waals surface area contributed by atoms with Crippen LogP contribution in [-0.4, -0.2) is 42.4 Å². The van der Waals surface area contributed by atoms with Crippen molar-refractivity contribution >= 4 is 5.69 Å². The van der Waals surface area contributed by atoms with Crippen LogP contribution in [0.3, 0.4) is 0 Å². The van der Waals surface area contributed by atoms with E-state index in [4.69, 9.17) is 10.5 Å². The lowest BCUT2D eigenvalue weighted by atomic mass is 10.3. The quantitative estimate of drug-likeness (QED) is 0.692. The average molecular weight is 252 g/mol. The Kier molecular flexibility index (Phi) is 6.54. The Bertz CT molecular complexity index is 344. The molecule has 0 spiro atoms. The van der Waals surface area contributed by atoms with Gasteiger partial charge in [0.15, 0.2) is 0 Å². The lowest BCUT2D eigenvalue weighted by molar-refractivity contribution is 0.0702. The van der Waals surface area contributed by atoms with E-state index in [1.54, 1.807) is 6.07 Å². The summed E-state index contributed by atoms with van der Waals surface area (Å²) in [7, 11) is 0. The molecule has 0 amide bonds. The number of benzene rings is 1. The maximum absolute atomic E-state index is 9.92. The lowest BCUT2D eigenvalue weighted by Gasteiger charge is -2.23. The molecule has 0 aromatic heterocycles. The molecular weight excluding hydrogens is 228 g/mol. The molecule has 0 heterocycles. The zero-order valence-corrected chi connectivity index (χ0v) is 11.3. The molecular formula is C14H24N2O2. The van der Waals surface area contributed by atoms with Gasteiger partial charge in [-0.2, -0.15) is 0 Å². The number of likely N-dealkylation sites (N-methyl/N-ethyl adjacent to an activating group) is 1. The molecule has 0 fully saturated rings. The highest BCUT2D eigenvalue weighted by atomic mass is 16.5. The van der Waals surface area contributed by atoms with Crippen LogP contribution in [0.25, 0.3) is 0 Å². The number of ether oxygens (including phenoxy) is 1. The van der Waals surface area contributed by atoms with Gasteiger partial charge in [0.2, 0.25) is 0 Å². The maximum Gasteiger partial charge on any atom is 0.142 e. The Hall–Kier alpha value is -1.26. The third kappa shape index (κ3) is 4.94. The minimum Gasteiger partial charge on any atom is -0.489 e. The number of nitrogens with zero attached hydrogens (tertiary/aromatic N) is 1. The maximum atomic E-state index is 9.92. The van der Waals surface area contributed by atoms with Gasteiger partial charge in [-0.15, -0.1) is 0 Å². The molecule has 3 N–H and O–H groups in total. The number of anilines is 1. The van der Waals surface area contributed by atoms with Crippen LogP contribution in [0.1, 0.15) is 20.3 Å². The van der Waals surface area contributed by atoms with Crippen LogP contribution in [0.2, 0.25) is 0 Å². The summed E-state index contributed by atoms with van der Waals surface area (Å²) in [6.07, 6.45) is 0.601. The molecule has 1 aromatic carbocycles. The lowest BCUT2D eigenvalue weighted by Crippen LogP contribution is -2.36. The molecule has 1 aromatic rings. The van der Waals surface area contributed by atoms with E-state index in [2.05, 4.69) is 18.7 Å². The fourth-order valence-electron chi connectivity index (χ4n) is 1.84. The first-order valence-corrected chi connectivity index (χ1v) is 6.55. The Morgan fingerprint density at radius 2 is 2.06 bits per heavy atom. The van der Waals surface area contributed by atoms with E-state index >= 15 is 0 Å². The van der Waals surface area contributed by atoms with Crippen molar-refractivity contribution in [2.24, 2.45) is 0 Å². The van der Waals surface area contributed by atoms with E-state index in [1.165, 1.54) is 0 Å². The van der Waals surface area contributed by atoms with E-state index in [1.807, 2.05) is 18.2 Å². The number of hydrogen-bond donors (Lipinski definition) is 2. The summed E-state index contributed by atoms with van der Waals surface area (Å²) in [5.41, 5.74) is 6.37. The summed E-state index contributed by atoms with van der Waals surface area (Å²) in [5, 5.41) is 9.92. The standard InChI is InChI=1S/C14H24N2O2/c1-3-9-16(4-2)10-12(17)11-18-14-8-6-5-7-13(14)15/h5-8,12,17H,3-4,9-11,15H2,1-2H3. The van der Waals surface area contributed by atoms with Gasteiger partial charge in [0.25, 0.3) is 0 Å². The van der Waals surface area contributed by atoms with Crippen LogP contribution in [-0.2, 0) is 0 Å². The number of para-hydroxylation sites is 2. The summed E-state index contributed by atoms with van der Waals surface area (Å²) < 4.78 is 5.52. The molecule has 4 nitrogen and oxygen atoms in total. The van der Waals surface area contributed by atoms with Crippen LogP contribution in [0.15, 0.2) is 24.3 Å². The molecule has 0 aliphatic heterocycles. The van der Waals surface area contributed by atoms with Gasteiger partial charge in [-0.25, -0.2) is 0 Å². The number of nitrogens with two attached hydrogens (primary N) is 1. The summed E-state index contributed by atoms with van der Waals surface area (Å²) in [6, 6.07) is 7.33. The van der Waals surface area contributed by atoms with E-state index < -0.39 is 6.10 Å². The molecule has 1 unspecified atom stereocenters. The smallest absolute Gasteiger partial charge is 0.142 e. The summed E-state index contributed by atoms with van der Waals surface area (Å²) in [4.78, 5) is 2.21. The van der Waals surface area contributed by atoms with Gasteiger partial charge in [-0.1, -0.05) is 26.0 Å². The van der Waals surface area contributed by atoms with Gasteiger partial charge in [-0.05, 0) is 31.6 Å². The van der Waals surface area contributed by atoms with Crippen LogP contribution < -0.4 is 10.5 Å². The predicted octanol–water partition coefficient (Wildman–Crippen LogP) is 1.74. The van der Waals surface area contributed by atoms with Crippen molar-refractivity contribution in [3.8, 4) is 5.75 Å². The second kappa shape index (κ2) is 7.95. The third-order valence-corrected chi connectivity index (χ3v) is 2.81. The molecule has 0 aliphatic carbocycles. The number of aliphatic hydroxyl groups excluding tert-OH is 1. The second-order valence-corrected chi connectivity index (χ2v) is 4.40. The zero-order valence-electron chi connectivity index (χ0n) is 11.3. The van der Waals surface area contributed by atoms with Crippen molar-refractivity contribution in [1.29, 1.82) is 0 Å². The Balaban J connectivity index is 2.36. The first kappa shape index (κ1) is 14.8. The third-order valence-electron chi connectivity index (χ3n) is 2.81. The van der Waals surface area contributed by atoms with Gasteiger partial charge in [-0.3, -0.25) is 0 Å². The number of rotatable bonds is 8. The normalized spacial score (nSPS) is 12.7. The van der Waals surface area contributed by atoms with Crippen LogP contribution in [0.5, 0.6) is 5.75 Å². The minimum absolute atomic E-state index is 0.272. The summed E-state index contributed by atoms with van der Waals surface area (Å²) in [5.74, 6) is 0.634. The fraction of sp³-hybridized carbons (Fsp3) is 0.571. The van der Waals surface area contributed by atoms with Crippen molar-refractivity contribution in [2.75, 3.05) is 32.0 Å². The molecule has 1 atom stereocenters. The van der Waals surface area contributed by atoms with E-state index in [0.717, 1.165) is 19.5 Å². The van der Waals surface area contributed by atoms with Crippen molar-refractivity contribution in [1.82, 2.24) is 4.90 Å². The van der Waals surface area contributed by atoms with Crippen LogP contribution in [0, 0.1) is 0 Å². The van der Waals surface area contributed by atoms with Crippen LogP contribution in [0.4, 0.5) is 5.69 Å². The monoisotopic (exact) mass is 252 g/mol. The molecule has 18 heavy (non-hydrogen) atoms. The van der Waals surface area contributed by atoms with E-state index in [-0.39, 0.29) is 6.61 Å². The summed E-state index contributed by atoms with van der Waals surface area (Å²) in [6.45, 7) is 7.08. The molecule has 0 bridgehead atoms. The average Bonchev–Trinajstić information content (AvgIpc) is 2.37.